The Morgan fingerprint density at radius 3 is 2.52 bits per heavy atom. The molecular weight excluding hydrogens is 375 g/mol. The van der Waals surface area contributed by atoms with Gasteiger partial charge in [-0.1, -0.05) is 6.92 Å². The maximum absolute atomic E-state index is 13.6. The van der Waals surface area contributed by atoms with Crippen molar-refractivity contribution in [2.75, 3.05) is 13.2 Å². The number of amides is 2. The van der Waals surface area contributed by atoms with E-state index in [1.54, 1.807) is 0 Å². The number of hydrogen-bond donors (Lipinski definition) is 2. The van der Waals surface area contributed by atoms with Crippen molar-refractivity contribution < 1.29 is 23.5 Å². The summed E-state index contributed by atoms with van der Waals surface area (Å²) in [5.41, 5.74) is -0.394. The molecule has 0 spiro atoms. The second-order valence-electron chi connectivity index (χ2n) is 9.07. The van der Waals surface area contributed by atoms with Crippen LogP contribution in [0.5, 0.6) is 0 Å². The lowest BCUT2D eigenvalue weighted by atomic mass is 9.44. The van der Waals surface area contributed by atoms with Gasteiger partial charge in [0.2, 0.25) is 11.8 Å². The van der Waals surface area contributed by atoms with Crippen molar-refractivity contribution in [2.24, 2.45) is 5.92 Å². The van der Waals surface area contributed by atoms with Gasteiger partial charge in [0.1, 0.15) is 18.9 Å². The van der Waals surface area contributed by atoms with Crippen molar-refractivity contribution in [3.05, 3.63) is 0 Å². The van der Waals surface area contributed by atoms with E-state index >= 15 is 0 Å². The average Bonchev–Trinajstić information content (AvgIpc) is 2.99. The largest absolute Gasteiger partial charge is 0.368 e. The van der Waals surface area contributed by atoms with E-state index in [9.17, 15) is 14.0 Å². The molecular formula is C19H28ClFN2O4. The molecule has 4 saturated carbocycles. The van der Waals surface area contributed by atoms with E-state index in [0.717, 1.165) is 25.7 Å². The zero-order valence-electron chi connectivity index (χ0n) is 15.6. The van der Waals surface area contributed by atoms with Gasteiger partial charge in [-0.15, -0.1) is 11.6 Å². The van der Waals surface area contributed by atoms with E-state index in [2.05, 4.69) is 17.6 Å². The first-order chi connectivity index (χ1) is 12.8. The van der Waals surface area contributed by atoms with Gasteiger partial charge >= 0.3 is 0 Å². The summed E-state index contributed by atoms with van der Waals surface area (Å²) in [5, 5.41) is 5.70. The van der Waals surface area contributed by atoms with Gasteiger partial charge in [0.25, 0.3) is 0 Å². The molecule has 0 aromatic heterocycles. The van der Waals surface area contributed by atoms with Gasteiger partial charge < -0.3 is 20.1 Å². The molecule has 5 aliphatic rings. The molecule has 5 fully saturated rings. The summed E-state index contributed by atoms with van der Waals surface area (Å²) < 4.78 is 24.7. The molecule has 0 aromatic carbocycles. The number of nitrogens with one attached hydrogen (secondary N) is 2. The molecule has 0 radical (unpaired) electrons. The lowest BCUT2D eigenvalue weighted by Gasteiger charge is -2.70. The SMILES string of the molecule is CC1COC(C(=O)NC23CC(NC(=O)COC4CCC(Cl)C(F)C4)(C2)C3)C1. The fraction of sp³-hybridized carbons (Fsp3) is 0.895. The summed E-state index contributed by atoms with van der Waals surface area (Å²) in [6.07, 6.45) is 2.90. The van der Waals surface area contributed by atoms with E-state index in [1.165, 1.54) is 0 Å². The first-order valence-electron chi connectivity index (χ1n) is 9.93. The molecule has 2 amide bonds. The molecule has 8 heteroatoms. The van der Waals surface area contributed by atoms with Crippen molar-refractivity contribution in [1.29, 1.82) is 0 Å². The molecule has 1 saturated heterocycles. The fourth-order valence-corrected chi connectivity index (χ4v) is 5.31. The Morgan fingerprint density at radius 2 is 1.89 bits per heavy atom. The topological polar surface area (TPSA) is 76.7 Å². The van der Waals surface area contributed by atoms with Crippen LogP contribution in [0, 0.1) is 5.92 Å². The second kappa shape index (κ2) is 7.16. The molecule has 5 atom stereocenters. The Kier molecular flexibility index (Phi) is 5.14. The Bertz CT molecular complexity index is 599. The summed E-state index contributed by atoms with van der Waals surface area (Å²) in [6, 6.07) is 0. The van der Waals surface area contributed by atoms with Crippen LogP contribution in [-0.2, 0) is 19.1 Å². The van der Waals surface area contributed by atoms with Gasteiger partial charge in [-0.25, -0.2) is 4.39 Å². The number of carbonyl (C=O) groups is 2. The average molecular weight is 403 g/mol. The van der Waals surface area contributed by atoms with E-state index in [4.69, 9.17) is 21.1 Å². The van der Waals surface area contributed by atoms with Crippen LogP contribution in [0.15, 0.2) is 0 Å². The Balaban J connectivity index is 1.15. The van der Waals surface area contributed by atoms with Crippen LogP contribution >= 0.6 is 11.6 Å². The van der Waals surface area contributed by atoms with Gasteiger partial charge in [-0.05, 0) is 44.4 Å². The molecule has 1 aliphatic heterocycles. The first-order valence-corrected chi connectivity index (χ1v) is 10.4. The number of hydrogen-bond acceptors (Lipinski definition) is 4. The first kappa shape index (κ1) is 19.4. The zero-order valence-corrected chi connectivity index (χ0v) is 16.4. The van der Waals surface area contributed by atoms with Crippen LogP contribution in [0.25, 0.3) is 0 Å². The minimum absolute atomic E-state index is 0.0296. The predicted molar refractivity (Wildman–Crippen MR) is 97.2 cm³/mol. The van der Waals surface area contributed by atoms with E-state index < -0.39 is 11.5 Å². The highest BCUT2D eigenvalue weighted by Crippen LogP contribution is 2.60. The number of halogens is 2. The molecule has 5 rings (SSSR count). The number of rotatable bonds is 6. The summed E-state index contributed by atoms with van der Waals surface area (Å²) in [6.45, 7) is 2.66. The summed E-state index contributed by atoms with van der Waals surface area (Å²) >= 11 is 5.86. The molecule has 1 heterocycles. The smallest absolute Gasteiger partial charge is 0.249 e. The molecule has 27 heavy (non-hydrogen) atoms. The van der Waals surface area contributed by atoms with Gasteiger partial charge in [-0.2, -0.15) is 0 Å². The molecule has 152 valence electrons. The normalized spacial score (nSPS) is 45.5. The van der Waals surface area contributed by atoms with Gasteiger partial charge in [-0.3, -0.25) is 9.59 Å². The number of alkyl halides is 2. The molecule has 0 aromatic rings. The number of carbonyl (C=O) groups excluding carboxylic acids is 2. The van der Waals surface area contributed by atoms with E-state index in [-0.39, 0.29) is 48.1 Å². The van der Waals surface area contributed by atoms with Crippen molar-refractivity contribution in [3.63, 3.8) is 0 Å². The van der Waals surface area contributed by atoms with Crippen molar-refractivity contribution in [1.82, 2.24) is 10.6 Å². The second-order valence-corrected chi connectivity index (χ2v) is 9.63. The zero-order chi connectivity index (χ0) is 19.2. The maximum atomic E-state index is 13.6. The van der Waals surface area contributed by atoms with Crippen molar-refractivity contribution in [2.45, 2.75) is 86.7 Å². The minimum Gasteiger partial charge on any atom is -0.368 e. The standard InChI is InChI=1S/C19H28ClFN2O4/c1-11-4-15(27-6-11)17(25)23-19-8-18(9-19,10-19)22-16(24)7-26-12-2-3-13(20)14(21)5-12/h11-15H,2-10H2,1H3,(H,22,24)(H,23,25). The molecule has 4 aliphatic carbocycles. The third kappa shape index (κ3) is 3.96. The van der Waals surface area contributed by atoms with Crippen LogP contribution in [0.4, 0.5) is 4.39 Å². The summed E-state index contributed by atoms with van der Waals surface area (Å²) in [7, 11) is 0. The Hall–Kier alpha value is -0.920. The highest BCUT2D eigenvalue weighted by atomic mass is 35.5. The molecule has 5 unspecified atom stereocenters. The third-order valence-corrected chi connectivity index (χ3v) is 6.90. The lowest BCUT2D eigenvalue weighted by molar-refractivity contribution is -0.157. The van der Waals surface area contributed by atoms with Crippen LogP contribution in [-0.4, -0.2) is 59.9 Å². The monoisotopic (exact) mass is 402 g/mol. The third-order valence-electron chi connectivity index (χ3n) is 6.41. The molecule has 2 bridgehead atoms. The van der Waals surface area contributed by atoms with E-state index in [0.29, 0.717) is 25.4 Å². The lowest BCUT2D eigenvalue weighted by Crippen LogP contribution is -2.84. The van der Waals surface area contributed by atoms with Crippen molar-refractivity contribution >= 4 is 23.4 Å². The van der Waals surface area contributed by atoms with Crippen LogP contribution in [0.3, 0.4) is 0 Å². The molecule has 2 N–H and O–H groups in total. The van der Waals surface area contributed by atoms with Crippen molar-refractivity contribution in [3.8, 4) is 0 Å². The predicted octanol–water partition coefficient (Wildman–Crippen LogP) is 1.83. The summed E-state index contributed by atoms with van der Waals surface area (Å²) in [5.74, 6) is 0.218. The van der Waals surface area contributed by atoms with E-state index in [1.807, 2.05) is 0 Å². The highest BCUT2D eigenvalue weighted by molar-refractivity contribution is 6.21. The number of ether oxygens (including phenoxy) is 2. The van der Waals surface area contributed by atoms with Gasteiger partial charge in [0, 0.05) is 17.5 Å². The quantitative estimate of drug-likeness (QED) is 0.664. The Morgan fingerprint density at radius 1 is 1.19 bits per heavy atom. The summed E-state index contributed by atoms with van der Waals surface area (Å²) in [4.78, 5) is 24.5. The maximum Gasteiger partial charge on any atom is 0.249 e. The van der Waals surface area contributed by atoms with Gasteiger partial charge in [0.05, 0.1) is 18.1 Å². The Labute approximate surface area is 163 Å². The van der Waals surface area contributed by atoms with Crippen LogP contribution in [0.1, 0.15) is 51.9 Å². The van der Waals surface area contributed by atoms with Crippen LogP contribution < -0.4 is 10.6 Å². The highest BCUT2D eigenvalue weighted by Gasteiger charge is 2.69. The fourth-order valence-electron chi connectivity index (χ4n) is 5.08. The van der Waals surface area contributed by atoms with Crippen LogP contribution in [0.2, 0.25) is 0 Å². The van der Waals surface area contributed by atoms with Gasteiger partial charge in [0.15, 0.2) is 0 Å². The molecule has 6 nitrogen and oxygen atoms in total. The minimum atomic E-state index is -1.07.